The smallest absolute Gasteiger partial charge is 0.243 e. The minimum Gasteiger partial charge on any atom is -0.313 e. The van der Waals surface area contributed by atoms with Gasteiger partial charge in [0.05, 0.1) is 14.9 Å². The monoisotopic (exact) mass is 294 g/mol. The van der Waals surface area contributed by atoms with E-state index in [-0.39, 0.29) is 16.0 Å². The van der Waals surface area contributed by atoms with Crippen LogP contribution in [0, 0.1) is 0 Å². The summed E-state index contributed by atoms with van der Waals surface area (Å²) in [5, 5.41) is 3.62. The first kappa shape index (κ1) is 13.1. The highest BCUT2D eigenvalue weighted by atomic mass is 35.5. The Balaban J connectivity index is 2.33. The Hall–Kier alpha value is -0.330. The number of hydrogen-bond acceptors (Lipinski definition) is 3. The van der Waals surface area contributed by atoms with Crippen molar-refractivity contribution in [3.8, 4) is 0 Å². The fourth-order valence-corrected chi connectivity index (χ4v) is 3.27. The molecule has 94 valence electrons. The van der Waals surface area contributed by atoms with Gasteiger partial charge in [0, 0.05) is 26.2 Å². The first-order chi connectivity index (χ1) is 7.93. The van der Waals surface area contributed by atoms with Gasteiger partial charge in [-0.3, -0.25) is 0 Å². The van der Waals surface area contributed by atoms with E-state index in [1.807, 2.05) is 0 Å². The lowest BCUT2D eigenvalue weighted by atomic mass is 10.2. The fourth-order valence-electron chi connectivity index (χ4n) is 1.53. The average Bonchev–Trinajstić information content (AvgIpc) is 2.19. The summed E-state index contributed by atoms with van der Waals surface area (Å²) in [5.41, 5.74) is 0. The van der Waals surface area contributed by atoms with Crippen molar-refractivity contribution in [2.75, 3.05) is 20.1 Å². The van der Waals surface area contributed by atoms with Crippen molar-refractivity contribution in [3.63, 3.8) is 0 Å². The fraction of sp³-hybridized carbons (Fsp3) is 0.400. The number of rotatable bonds is 3. The molecule has 7 heteroatoms. The van der Waals surface area contributed by atoms with Gasteiger partial charge < -0.3 is 5.32 Å². The lowest BCUT2D eigenvalue weighted by molar-refractivity contribution is 0.274. The third-order valence-corrected chi connectivity index (χ3v) is 5.49. The Morgan fingerprint density at radius 2 is 1.94 bits per heavy atom. The van der Waals surface area contributed by atoms with Gasteiger partial charge in [-0.15, -0.1) is 0 Å². The van der Waals surface area contributed by atoms with Gasteiger partial charge in [-0.2, -0.15) is 4.31 Å². The zero-order chi connectivity index (χ0) is 12.6. The van der Waals surface area contributed by atoms with Gasteiger partial charge in [0.2, 0.25) is 10.0 Å². The lowest BCUT2D eigenvalue weighted by Crippen LogP contribution is -2.57. The van der Waals surface area contributed by atoms with Crippen molar-refractivity contribution in [1.82, 2.24) is 9.62 Å². The molecule has 2 rings (SSSR count). The number of benzene rings is 1. The van der Waals surface area contributed by atoms with E-state index in [1.165, 1.54) is 22.5 Å². The van der Waals surface area contributed by atoms with Crippen molar-refractivity contribution >= 4 is 33.2 Å². The molecule has 0 saturated carbocycles. The van der Waals surface area contributed by atoms with Gasteiger partial charge in [0.25, 0.3) is 0 Å². The average molecular weight is 295 g/mol. The third kappa shape index (κ3) is 2.44. The van der Waals surface area contributed by atoms with Crippen molar-refractivity contribution in [2.45, 2.75) is 10.9 Å². The Morgan fingerprint density at radius 3 is 2.41 bits per heavy atom. The quantitative estimate of drug-likeness (QED) is 0.921. The predicted molar refractivity (Wildman–Crippen MR) is 68.1 cm³/mol. The molecule has 17 heavy (non-hydrogen) atoms. The van der Waals surface area contributed by atoms with Crippen LogP contribution in [0.25, 0.3) is 0 Å². The molecule has 4 nitrogen and oxygen atoms in total. The van der Waals surface area contributed by atoms with E-state index in [0.717, 1.165) is 0 Å². The summed E-state index contributed by atoms with van der Waals surface area (Å²) in [4.78, 5) is 0.168. The minimum absolute atomic E-state index is 0.00875. The van der Waals surface area contributed by atoms with Crippen molar-refractivity contribution < 1.29 is 8.42 Å². The van der Waals surface area contributed by atoms with Gasteiger partial charge in [-0.05, 0) is 18.2 Å². The van der Waals surface area contributed by atoms with Crippen molar-refractivity contribution in [3.05, 3.63) is 28.2 Å². The first-order valence-electron chi connectivity index (χ1n) is 5.07. The maximum Gasteiger partial charge on any atom is 0.243 e. The molecule has 0 atom stereocenters. The first-order valence-corrected chi connectivity index (χ1v) is 7.26. The van der Waals surface area contributed by atoms with Crippen LogP contribution in [-0.2, 0) is 10.0 Å². The highest BCUT2D eigenvalue weighted by molar-refractivity contribution is 7.89. The highest BCUT2D eigenvalue weighted by Crippen LogP contribution is 2.27. The third-order valence-electron chi connectivity index (χ3n) is 2.84. The van der Waals surface area contributed by atoms with Crippen LogP contribution in [0.15, 0.2) is 23.1 Å². The van der Waals surface area contributed by atoms with Gasteiger partial charge in [-0.1, -0.05) is 23.2 Å². The number of nitrogens with one attached hydrogen (secondary N) is 1. The van der Waals surface area contributed by atoms with Crippen LogP contribution in [0.2, 0.25) is 10.0 Å². The van der Waals surface area contributed by atoms with Crippen LogP contribution >= 0.6 is 23.2 Å². The molecule has 1 aromatic rings. The Morgan fingerprint density at radius 1 is 1.29 bits per heavy atom. The summed E-state index contributed by atoms with van der Waals surface area (Å²) in [6.07, 6.45) is 0. The van der Waals surface area contributed by atoms with E-state index >= 15 is 0 Å². The molecular weight excluding hydrogens is 283 g/mol. The van der Waals surface area contributed by atoms with Crippen LogP contribution in [0.3, 0.4) is 0 Å². The number of nitrogens with zero attached hydrogens (tertiary/aromatic N) is 1. The van der Waals surface area contributed by atoms with Crippen LogP contribution in [0.5, 0.6) is 0 Å². The second-order valence-electron chi connectivity index (χ2n) is 3.91. The number of halogens is 2. The Labute approximate surface area is 111 Å². The van der Waals surface area contributed by atoms with E-state index < -0.39 is 10.0 Å². The van der Waals surface area contributed by atoms with Gasteiger partial charge in [0.15, 0.2) is 0 Å². The summed E-state index contributed by atoms with van der Waals surface area (Å²) in [6.45, 7) is 1.36. The molecule has 0 aliphatic carbocycles. The standard InChI is InChI=1S/C10H12Cl2N2O2S/c1-14(7-5-13-6-7)17(15,16)8-2-3-9(11)10(12)4-8/h2-4,7,13H,5-6H2,1H3. The van der Waals surface area contributed by atoms with E-state index in [4.69, 9.17) is 23.2 Å². The summed E-state index contributed by atoms with van der Waals surface area (Å²) in [7, 11) is -1.92. The van der Waals surface area contributed by atoms with Crippen molar-refractivity contribution in [1.29, 1.82) is 0 Å². The van der Waals surface area contributed by atoms with Gasteiger partial charge in [-0.25, -0.2) is 8.42 Å². The van der Waals surface area contributed by atoms with Gasteiger partial charge in [0.1, 0.15) is 0 Å². The largest absolute Gasteiger partial charge is 0.313 e. The molecular formula is C10H12Cl2N2O2S. The molecule has 1 N–H and O–H groups in total. The second kappa shape index (κ2) is 4.74. The molecule has 1 saturated heterocycles. The van der Waals surface area contributed by atoms with E-state index in [1.54, 1.807) is 7.05 Å². The second-order valence-corrected chi connectivity index (χ2v) is 6.72. The normalized spacial score (nSPS) is 17.2. The summed E-state index contributed by atoms with van der Waals surface area (Å²) < 4.78 is 25.8. The summed E-state index contributed by atoms with van der Waals surface area (Å²) in [6, 6.07) is 4.34. The molecule has 0 unspecified atom stereocenters. The minimum atomic E-state index is -3.49. The molecule has 0 aromatic heterocycles. The van der Waals surface area contributed by atoms with Crippen LogP contribution < -0.4 is 5.32 Å². The molecule has 0 spiro atoms. The maximum absolute atomic E-state index is 12.2. The molecule has 1 fully saturated rings. The maximum atomic E-state index is 12.2. The van der Waals surface area contributed by atoms with E-state index in [0.29, 0.717) is 18.1 Å². The topological polar surface area (TPSA) is 49.4 Å². The van der Waals surface area contributed by atoms with E-state index in [2.05, 4.69) is 5.32 Å². The van der Waals surface area contributed by atoms with E-state index in [9.17, 15) is 8.42 Å². The van der Waals surface area contributed by atoms with Crippen molar-refractivity contribution in [2.24, 2.45) is 0 Å². The van der Waals surface area contributed by atoms with Crippen LogP contribution in [0.4, 0.5) is 0 Å². The molecule has 1 aliphatic rings. The molecule has 1 aliphatic heterocycles. The molecule has 1 aromatic carbocycles. The highest BCUT2D eigenvalue weighted by Gasteiger charge is 2.31. The SMILES string of the molecule is CN(C1CNC1)S(=O)(=O)c1ccc(Cl)c(Cl)c1. The van der Waals surface area contributed by atoms with Gasteiger partial charge >= 0.3 is 0 Å². The molecule has 0 bridgehead atoms. The molecule has 0 radical (unpaired) electrons. The summed E-state index contributed by atoms with van der Waals surface area (Å²) >= 11 is 11.6. The number of hydrogen-bond donors (Lipinski definition) is 1. The Bertz CT molecular complexity index is 529. The zero-order valence-corrected chi connectivity index (χ0v) is 11.5. The summed E-state index contributed by atoms with van der Waals surface area (Å²) in [5.74, 6) is 0. The molecule has 1 heterocycles. The lowest BCUT2D eigenvalue weighted by Gasteiger charge is -2.34. The predicted octanol–water partition coefficient (Wildman–Crippen LogP) is 1.59. The zero-order valence-electron chi connectivity index (χ0n) is 9.15. The van der Waals surface area contributed by atoms with Crippen LogP contribution in [0.1, 0.15) is 0 Å². The number of sulfonamides is 1. The molecule has 0 amide bonds. The van der Waals surface area contributed by atoms with Crippen LogP contribution in [-0.4, -0.2) is 38.9 Å². The Kier molecular flexibility index (Phi) is 3.66. The number of likely N-dealkylation sites (N-methyl/N-ethyl adjacent to an activating group) is 1.